The number of hydrogen-bond donors (Lipinski definition) is 2. The second kappa shape index (κ2) is 4.44. The van der Waals surface area contributed by atoms with E-state index in [1.165, 1.54) is 12.8 Å². The summed E-state index contributed by atoms with van der Waals surface area (Å²) < 4.78 is 1.62. The van der Waals surface area contributed by atoms with Crippen LogP contribution in [0.2, 0.25) is 0 Å². The Morgan fingerprint density at radius 1 is 1.67 bits per heavy atom. The van der Waals surface area contributed by atoms with Crippen LogP contribution in [0.5, 0.6) is 0 Å². The molecule has 82 valence electrons. The minimum absolute atomic E-state index is 0.0218. The van der Waals surface area contributed by atoms with E-state index in [0.717, 1.165) is 12.1 Å². The zero-order valence-electron chi connectivity index (χ0n) is 8.65. The first kappa shape index (κ1) is 10.2. The lowest BCUT2D eigenvalue weighted by Gasteiger charge is -2.03. The minimum Gasteiger partial charge on any atom is -0.354 e. The number of nitrogens with zero attached hydrogens (tertiary/aromatic N) is 2. The number of amides is 1. The van der Waals surface area contributed by atoms with E-state index >= 15 is 0 Å². The van der Waals surface area contributed by atoms with Crippen molar-refractivity contribution in [2.24, 2.45) is 11.7 Å². The van der Waals surface area contributed by atoms with Crippen molar-refractivity contribution in [2.45, 2.75) is 25.9 Å². The smallest absolute Gasteiger partial charge is 0.241 e. The Labute approximate surface area is 88.6 Å². The summed E-state index contributed by atoms with van der Waals surface area (Å²) in [4.78, 5) is 11.4. The minimum atomic E-state index is 0.0218. The molecule has 1 fully saturated rings. The number of carbonyl (C=O) groups excluding carboxylic acids is 1. The first-order valence-electron chi connectivity index (χ1n) is 5.26. The molecule has 3 N–H and O–H groups in total. The van der Waals surface area contributed by atoms with Crippen LogP contribution >= 0.6 is 0 Å². The normalized spacial score (nSPS) is 15.3. The van der Waals surface area contributed by atoms with Gasteiger partial charge in [-0.15, -0.1) is 0 Å². The van der Waals surface area contributed by atoms with E-state index in [-0.39, 0.29) is 12.5 Å². The molecule has 0 bridgehead atoms. The Morgan fingerprint density at radius 2 is 2.47 bits per heavy atom. The van der Waals surface area contributed by atoms with E-state index in [9.17, 15) is 4.79 Å². The third-order valence-corrected chi connectivity index (χ3v) is 2.51. The van der Waals surface area contributed by atoms with Crippen LogP contribution in [0.25, 0.3) is 0 Å². The molecule has 1 aliphatic rings. The summed E-state index contributed by atoms with van der Waals surface area (Å²) >= 11 is 0. The second-order valence-electron chi connectivity index (χ2n) is 4.00. The molecule has 1 aromatic rings. The van der Waals surface area contributed by atoms with Gasteiger partial charge in [0.25, 0.3) is 0 Å². The molecule has 0 spiro atoms. The van der Waals surface area contributed by atoms with Gasteiger partial charge in [-0.1, -0.05) is 0 Å². The summed E-state index contributed by atoms with van der Waals surface area (Å²) in [5, 5.41) is 6.93. The summed E-state index contributed by atoms with van der Waals surface area (Å²) in [6.45, 7) is 1.56. The molecule has 1 aromatic heterocycles. The van der Waals surface area contributed by atoms with E-state index in [0.29, 0.717) is 12.5 Å². The number of rotatable bonds is 5. The summed E-state index contributed by atoms with van der Waals surface area (Å²) in [6.07, 6.45) is 5.99. The van der Waals surface area contributed by atoms with Crippen molar-refractivity contribution in [2.75, 3.05) is 6.54 Å². The average Bonchev–Trinajstić information content (AvgIpc) is 2.96. The van der Waals surface area contributed by atoms with E-state index < -0.39 is 0 Å². The van der Waals surface area contributed by atoms with Gasteiger partial charge in [0.05, 0.1) is 6.20 Å². The lowest BCUT2D eigenvalue weighted by atomic mass is 10.4. The Morgan fingerprint density at radius 3 is 3.07 bits per heavy atom. The molecule has 1 heterocycles. The highest BCUT2D eigenvalue weighted by molar-refractivity contribution is 5.75. The molecule has 0 aromatic carbocycles. The molecule has 15 heavy (non-hydrogen) atoms. The SMILES string of the molecule is NCc1cnn(CC(=O)NCC2CC2)c1. The predicted molar refractivity (Wildman–Crippen MR) is 55.9 cm³/mol. The van der Waals surface area contributed by atoms with Gasteiger partial charge < -0.3 is 11.1 Å². The second-order valence-corrected chi connectivity index (χ2v) is 4.00. The number of hydrogen-bond acceptors (Lipinski definition) is 3. The van der Waals surface area contributed by atoms with Crippen molar-refractivity contribution in [3.8, 4) is 0 Å². The van der Waals surface area contributed by atoms with Crippen LogP contribution in [0.4, 0.5) is 0 Å². The molecule has 5 heteroatoms. The van der Waals surface area contributed by atoms with Gasteiger partial charge in [-0.2, -0.15) is 5.10 Å². The number of nitrogens with one attached hydrogen (secondary N) is 1. The summed E-state index contributed by atoms with van der Waals surface area (Å²) in [6, 6.07) is 0. The maximum atomic E-state index is 11.4. The Kier molecular flexibility index (Phi) is 3.01. The molecule has 1 saturated carbocycles. The zero-order valence-corrected chi connectivity index (χ0v) is 8.65. The highest BCUT2D eigenvalue weighted by Crippen LogP contribution is 2.27. The molecule has 0 aliphatic heterocycles. The fraction of sp³-hybridized carbons (Fsp3) is 0.600. The van der Waals surface area contributed by atoms with Crippen LogP contribution in [0.15, 0.2) is 12.4 Å². The Bertz CT molecular complexity index is 343. The van der Waals surface area contributed by atoms with Crippen LogP contribution in [0.1, 0.15) is 18.4 Å². The molecule has 0 radical (unpaired) electrons. The third kappa shape index (κ3) is 3.06. The van der Waals surface area contributed by atoms with Gasteiger partial charge in [0.2, 0.25) is 5.91 Å². The number of carbonyl (C=O) groups is 1. The molecule has 0 unspecified atom stereocenters. The van der Waals surface area contributed by atoms with Crippen molar-refractivity contribution in [1.29, 1.82) is 0 Å². The quantitative estimate of drug-likeness (QED) is 0.708. The van der Waals surface area contributed by atoms with Crippen molar-refractivity contribution in [3.63, 3.8) is 0 Å². The monoisotopic (exact) mass is 208 g/mol. The van der Waals surface area contributed by atoms with Gasteiger partial charge in [0.15, 0.2) is 0 Å². The van der Waals surface area contributed by atoms with E-state index in [1.807, 2.05) is 0 Å². The van der Waals surface area contributed by atoms with Crippen molar-refractivity contribution in [1.82, 2.24) is 15.1 Å². The fourth-order valence-corrected chi connectivity index (χ4v) is 1.38. The van der Waals surface area contributed by atoms with Crippen LogP contribution in [0.3, 0.4) is 0 Å². The maximum absolute atomic E-state index is 11.4. The van der Waals surface area contributed by atoms with Gasteiger partial charge in [-0.25, -0.2) is 0 Å². The molecular formula is C10H16N4O. The number of nitrogens with two attached hydrogens (primary N) is 1. The van der Waals surface area contributed by atoms with E-state index in [2.05, 4.69) is 10.4 Å². The lowest BCUT2D eigenvalue weighted by molar-refractivity contribution is -0.121. The largest absolute Gasteiger partial charge is 0.354 e. The van der Waals surface area contributed by atoms with Crippen LogP contribution in [-0.4, -0.2) is 22.2 Å². The van der Waals surface area contributed by atoms with Gasteiger partial charge >= 0.3 is 0 Å². The van der Waals surface area contributed by atoms with Crippen molar-refractivity contribution >= 4 is 5.91 Å². The third-order valence-electron chi connectivity index (χ3n) is 2.51. The summed E-state index contributed by atoms with van der Waals surface area (Å²) in [5.41, 5.74) is 6.40. The van der Waals surface area contributed by atoms with Gasteiger partial charge in [-0.3, -0.25) is 9.48 Å². The Hall–Kier alpha value is -1.36. The zero-order chi connectivity index (χ0) is 10.7. The number of aromatic nitrogens is 2. The highest BCUT2D eigenvalue weighted by Gasteiger charge is 2.21. The van der Waals surface area contributed by atoms with Gasteiger partial charge in [-0.05, 0) is 18.8 Å². The lowest BCUT2D eigenvalue weighted by Crippen LogP contribution is -2.29. The molecule has 2 rings (SSSR count). The first-order chi connectivity index (χ1) is 7.28. The van der Waals surface area contributed by atoms with Crippen LogP contribution < -0.4 is 11.1 Å². The van der Waals surface area contributed by atoms with Crippen LogP contribution in [-0.2, 0) is 17.9 Å². The molecule has 1 amide bonds. The topological polar surface area (TPSA) is 72.9 Å². The first-order valence-corrected chi connectivity index (χ1v) is 5.26. The predicted octanol–water partition coefficient (Wildman–Crippen LogP) is -0.132. The molecule has 1 aliphatic carbocycles. The average molecular weight is 208 g/mol. The van der Waals surface area contributed by atoms with E-state index in [1.54, 1.807) is 17.1 Å². The standard InChI is InChI=1S/C10H16N4O/c11-3-9-5-13-14(6-9)7-10(15)12-4-8-1-2-8/h5-6,8H,1-4,7,11H2,(H,12,15). The van der Waals surface area contributed by atoms with Crippen LogP contribution in [0, 0.1) is 5.92 Å². The van der Waals surface area contributed by atoms with E-state index in [4.69, 9.17) is 5.73 Å². The summed E-state index contributed by atoms with van der Waals surface area (Å²) in [5.74, 6) is 0.736. The summed E-state index contributed by atoms with van der Waals surface area (Å²) in [7, 11) is 0. The molecule has 5 nitrogen and oxygen atoms in total. The van der Waals surface area contributed by atoms with Gasteiger partial charge in [0, 0.05) is 24.8 Å². The van der Waals surface area contributed by atoms with Gasteiger partial charge in [0.1, 0.15) is 6.54 Å². The highest BCUT2D eigenvalue weighted by atomic mass is 16.2. The van der Waals surface area contributed by atoms with Crippen molar-refractivity contribution < 1.29 is 4.79 Å². The fourth-order valence-electron chi connectivity index (χ4n) is 1.38. The maximum Gasteiger partial charge on any atom is 0.241 e. The van der Waals surface area contributed by atoms with Crippen molar-refractivity contribution in [3.05, 3.63) is 18.0 Å². The molecule has 0 saturated heterocycles. The molecular weight excluding hydrogens is 192 g/mol. The Balaban J connectivity index is 1.76. The molecule has 0 atom stereocenters.